The van der Waals surface area contributed by atoms with Crippen molar-refractivity contribution in [3.8, 4) is 11.6 Å². The second kappa shape index (κ2) is 10.0. The average molecular weight is 531 g/mol. The molecule has 1 saturated heterocycles. The van der Waals surface area contributed by atoms with E-state index in [0.29, 0.717) is 72.7 Å². The lowest BCUT2D eigenvalue weighted by molar-refractivity contribution is -0.127. The largest absolute Gasteiger partial charge is 0.494 e. The monoisotopic (exact) mass is 530 g/mol. The number of anilines is 1. The summed E-state index contributed by atoms with van der Waals surface area (Å²) in [4.78, 5) is 46.5. The first kappa shape index (κ1) is 24.3. The van der Waals surface area contributed by atoms with Gasteiger partial charge in [-0.2, -0.15) is 0 Å². The van der Waals surface area contributed by atoms with Crippen molar-refractivity contribution in [1.82, 2.24) is 50.6 Å². The molecular weight excluding hydrogens is 504 g/mol. The highest BCUT2D eigenvalue weighted by Crippen LogP contribution is 2.32. The van der Waals surface area contributed by atoms with Crippen LogP contribution < -0.4 is 20.8 Å². The van der Waals surface area contributed by atoms with Crippen LogP contribution in [-0.4, -0.2) is 90.5 Å². The van der Waals surface area contributed by atoms with E-state index in [9.17, 15) is 9.59 Å². The number of piperazine rings is 1. The smallest absolute Gasteiger partial charge is 0.295 e. The second-order valence-electron chi connectivity index (χ2n) is 8.83. The van der Waals surface area contributed by atoms with Crippen LogP contribution >= 0.6 is 0 Å². The first-order chi connectivity index (χ1) is 19.1. The maximum Gasteiger partial charge on any atom is 0.295 e. The molecule has 1 fully saturated rings. The molecule has 2 aliphatic heterocycles. The minimum atomic E-state index is -0.630. The van der Waals surface area contributed by atoms with Gasteiger partial charge >= 0.3 is 0 Å². The van der Waals surface area contributed by atoms with E-state index in [4.69, 9.17) is 4.74 Å². The SMILES string of the molecule is CCc1ncn(-c2ncc(OC)c3c(C(=O)C(=O)N4CCN(C5=NNNN5c5ccccn5)CC4)c[nH]c23)n1. The van der Waals surface area contributed by atoms with Crippen molar-refractivity contribution in [3.05, 3.63) is 54.5 Å². The number of nitrogens with zero attached hydrogens (tertiary/aromatic N) is 9. The van der Waals surface area contributed by atoms with Crippen molar-refractivity contribution in [1.29, 1.82) is 0 Å². The van der Waals surface area contributed by atoms with Gasteiger partial charge in [0.2, 0.25) is 5.96 Å². The number of ketones is 1. The standard InChI is InChI=1S/C24H26N12O3/c1-3-17-28-14-35(30-17)22-20-19(16(39-2)13-27-22)15(12-26-20)21(37)23(38)33-8-10-34(11-9-33)24-29-31-32-36(24)18-6-4-5-7-25-18/h4-7,12-14,26,31-32H,3,8-11H2,1-2H3. The van der Waals surface area contributed by atoms with Crippen LogP contribution in [0.15, 0.2) is 48.2 Å². The summed E-state index contributed by atoms with van der Waals surface area (Å²) in [6, 6.07) is 5.58. The van der Waals surface area contributed by atoms with Crippen molar-refractivity contribution in [2.24, 2.45) is 5.10 Å². The number of hydrogen-bond acceptors (Lipinski definition) is 12. The molecule has 2 aliphatic rings. The molecule has 0 bridgehead atoms. The van der Waals surface area contributed by atoms with Crippen LogP contribution in [-0.2, 0) is 11.2 Å². The highest BCUT2D eigenvalue weighted by atomic mass is 16.5. The van der Waals surface area contributed by atoms with E-state index in [-0.39, 0.29) is 5.56 Å². The van der Waals surface area contributed by atoms with E-state index in [0.717, 1.165) is 0 Å². The molecule has 0 radical (unpaired) electrons. The molecule has 4 aromatic heterocycles. The van der Waals surface area contributed by atoms with E-state index < -0.39 is 11.7 Å². The number of methoxy groups -OCH3 is 1. The van der Waals surface area contributed by atoms with Crippen LogP contribution in [0.5, 0.6) is 5.75 Å². The van der Waals surface area contributed by atoms with Crippen LogP contribution in [0.2, 0.25) is 0 Å². The summed E-state index contributed by atoms with van der Waals surface area (Å²) < 4.78 is 7.03. The number of Topliss-reactive ketones (excluding diaryl/α,β-unsaturated/α-hetero) is 1. The minimum absolute atomic E-state index is 0.212. The van der Waals surface area contributed by atoms with Gasteiger partial charge < -0.3 is 19.5 Å². The Hall–Kier alpha value is -5.05. The molecule has 0 aromatic carbocycles. The van der Waals surface area contributed by atoms with Crippen molar-refractivity contribution in [2.45, 2.75) is 13.3 Å². The van der Waals surface area contributed by atoms with Gasteiger partial charge in [0.15, 0.2) is 17.5 Å². The molecule has 15 nitrogen and oxygen atoms in total. The minimum Gasteiger partial charge on any atom is -0.494 e. The number of H-pyrrole nitrogens is 1. The lowest BCUT2D eigenvalue weighted by Crippen LogP contribution is -2.56. The van der Waals surface area contributed by atoms with Crippen molar-refractivity contribution in [3.63, 3.8) is 0 Å². The van der Waals surface area contributed by atoms with Crippen molar-refractivity contribution >= 4 is 34.4 Å². The molecule has 39 heavy (non-hydrogen) atoms. The first-order valence-corrected chi connectivity index (χ1v) is 12.4. The second-order valence-corrected chi connectivity index (χ2v) is 8.83. The summed E-state index contributed by atoms with van der Waals surface area (Å²) in [5.41, 5.74) is 6.44. The van der Waals surface area contributed by atoms with Gasteiger partial charge in [0, 0.05) is 45.0 Å². The number of rotatable bonds is 6. The Balaban J connectivity index is 1.20. The number of hydrogen-bond donors (Lipinski definition) is 3. The number of aromatic amines is 1. The fourth-order valence-corrected chi connectivity index (χ4v) is 4.62. The Kier molecular flexibility index (Phi) is 6.24. The third kappa shape index (κ3) is 4.27. The Morgan fingerprint density at radius 1 is 1.10 bits per heavy atom. The van der Waals surface area contributed by atoms with Crippen LogP contribution in [0.4, 0.5) is 5.82 Å². The van der Waals surface area contributed by atoms with E-state index >= 15 is 0 Å². The van der Waals surface area contributed by atoms with Gasteiger partial charge in [0.05, 0.1) is 29.8 Å². The van der Waals surface area contributed by atoms with Gasteiger partial charge in [-0.05, 0) is 12.1 Å². The van der Waals surface area contributed by atoms with Crippen molar-refractivity contribution in [2.75, 3.05) is 38.3 Å². The highest BCUT2D eigenvalue weighted by Gasteiger charge is 2.33. The summed E-state index contributed by atoms with van der Waals surface area (Å²) in [6.45, 7) is 3.64. The summed E-state index contributed by atoms with van der Waals surface area (Å²) in [5.74, 6) is 1.58. The number of amides is 1. The molecule has 0 unspecified atom stereocenters. The number of nitrogens with one attached hydrogen (secondary N) is 3. The van der Waals surface area contributed by atoms with Crippen LogP contribution in [0.3, 0.4) is 0 Å². The molecule has 0 aliphatic carbocycles. The molecular formula is C24H26N12O3. The van der Waals surface area contributed by atoms with E-state index in [2.05, 4.69) is 41.2 Å². The molecule has 15 heteroatoms. The molecule has 0 spiro atoms. The fourth-order valence-electron chi connectivity index (χ4n) is 4.62. The number of carbonyl (C=O) groups is 2. The Bertz CT molecular complexity index is 1560. The number of pyridine rings is 2. The number of ether oxygens (including phenoxy) is 1. The summed E-state index contributed by atoms with van der Waals surface area (Å²) in [5, 5.41) is 10.9. The molecule has 0 atom stereocenters. The first-order valence-electron chi connectivity index (χ1n) is 12.4. The maximum atomic E-state index is 13.5. The predicted octanol–water partition coefficient (Wildman–Crippen LogP) is 0.237. The van der Waals surface area contributed by atoms with E-state index in [1.54, 1.807) is 22.4 Å². The van der Waals surface area contributed by atoms with Crippen molar-refractivity contribution < 1.29 is 14.3 Å². The van der Waals surface area contributed by atoms with Gasteiger partial charge in [-0.1, -0.05) is 13.0 Å². The Morgan fingerprint density at radius 3 is 2.67 bits per heavy atom. The molecule has 1 amide bonds. The predicted molar refractivity (Wildman–Crippen MR) is 140 cm³/mol. The zero-order chi connectivity index (χ0) is 26.9. The van der Waals surface area contributed by atoms with E-state index in [1.165, 1.54) is 24.2 Å². The lowest BCUT2D eigenvalue weighted by atomic mass is 10.1. The average Bonchev–Trinajstić information content (AvgIpc) is 3.76. The zero-order valence-corrected chi connectivity index (χ0v) is 21.3. The highest BCUT2D eigenvalue weighted by molar-refractivity contribution is 6.45. The normalized spacial score (nSPS) is 15.4. The number of hydrazone groups is 1. The van der Waals surface area contributed by atoms with Crippen LogP contribution in [0.25, 0.3) is 16.7 Å². The van der Waals surface area contributed by atoms with Gasteiger partial charge in [-0.3, -0.25) is 9.59 Å². The van der Waals surface area contributed by atoms with Gasteiger partial charge in [-0.15, -0.1) is 15.7 Å². The summed E-state index contributed by atoms with van der Waals surface area (Å²) in [7, 11) is 1.49. The number of fused-ring (bicyclic) bond motifs is 1. The molecule has 200 valence electrons. The molecule has 6 heterocycles. The summed E-state index contributed by atoms with van der Waals surface area (Å²) in [6.07, 6.45) is 6.96. The maximum absolute atomic E-state index is 13.5. The van der Waals surface area contributed by atoms with Gasteiger partial charge in [-0.25, -0.2) is 30.2 Å². The fraction of sp³-hybridized carbons (Fsp3) is 0.292. The van der Waals surface area contributed by atoms with E-state index in [1.807, 2.05) is 30.0 Å². The number of carbonyl (C=O) groups excluding carboxylic acids is 2. The Labute approximate surface area is 222 Å². The van der Waals surface area contributed by atoms with Crippen LogP contribution in [0.1, 0.15) is 23.1 Å². The number of aromatic nitrogens is 6. The van der Waals surface area contributed by atoms with Gasteiger partial charge in [0.1, 0.15) is 12.1 Å². The topological polar surface area (TPSA) is 162 Å². The summed E-state index contributed by atoms with van der Waals surface area (Å²) >= 11 is 0. The third-order valence-electron chi connectivity index (χ3n) is 6.63. The lowest BCUT2D eigenvalue weighted by Gasteiger charge is -2.36. The van der Waals surface area contributed by atoms with Gasteiger partial charge in [0.25, 0.3) is 11.7 Å². The number of guanidine groups is 1. The Morgan fingerprint density at radius 2 is 1.95 bits per heavy atom. The molecule has 0 saturated carbocycles. The molecule has 4 aromatic rings. The third-order valence-corrected chi connectivity index (χ3v) is 6.63. The molecule has 3 N–H and O–H groups in total. The molecule has 6 rings (SSSR count). The number of hydrazine groups is 2. The zero-order valence-electron chi connectivity index (χ0n) is 21.3. The number of aryl methyl sites for hydroxylation is 1. The quantitative estimate of drug-likeness (QED) is 0.231. The van der Waals surface area contributed by atoms with Crippen LogP contribution in [0, 0.1) is 0 Å².